The Morgan fingerprint density at radius 1 is 1.27 bits per heavy atom. The van der Waals surface area contributed by atoms with E-state index in [1.807, 2.05) is 32.0 Å². The van der Waals surface area contributed by atoms with Crippen LogP contribution >= 0.6 is 35.8 Å². The molecule has 0 radical (unpaired) electrons. The minimum absolute atomic E-state index is 0. The molecule has 1 aliphatic heterocycles. The van der Waals surface area contributed by atoms with Crippen LogP contribution in [0.5, 0.6) is 0 Å². The number of carbonyl (C=O) groups excluding carboxylic acids is 2. The number of anilines is 1. The van der Waals surface area contributed by atoms with E-state index in [9.17, 15) is 9.59 Å². The van der Waals surface area contributed by atoms with Gasteiger partial charge in [-0.05, 0) is 35.7 Å². The average molecular weight is 469 g/mol. The molecule has 1 amide bonds. The van der Waals surface area contributed by atoms with Gasteiger partial charge in [0, 0.05) is 27.8 Å². The minimum Gasteiger partial charge on any atom is -0.373 e. The molecule has 0 bridgehead atoms. The zero-order valence-electron chi connectivity index (χ0n) is 17.0. The van der Waals surface area contributed by atoms with Crippen LogP contribution in [0.4, 0.5) is 5.69 Å². The maximum absolute atomic E-state index is 13.0. The predicted molar refractivity (Wildman–Crippen MR) is 125 cm³/mol. The van der Waals surface area contributed by atoms with Crippen LogP contribution in [0.25, 0.3) is 0 Å². The number of amides is 1. The number of benzene rings is 2. The van der Waals surface area contributed by atoms with Crippen molar-refractivity contribution in [2.75, 3.05) is 23.9 Å². The third-order valence-corrected chi connectivity index (χ3v) is 5.95. The number of ether oxygens (including phenoxy) is 1. The number of halogens is 2. The van der Waals surface area contributed by atoms with E-state index in [2.05, 4.69) is 0 Å². The fourth-order valence-corrected chi connectivity index (χ4v) is 4.11. The van der Waals surface area contributed by atoms with E-state index in [0.717, 1.165) is 10.5 Å². The van der Waals surface area contributed by atoms with Gasteiger partial charge in [0.1, 0.15) is 6.61 Å². The van der Waals surface area contributed by atoms with Gasteiger partial charge in [0.05, 0.1) is 18.3 Å². The summed E-state index contributed by atoms with van der Waals surface area (Å²) in [5, 5.41) is 0.637. The number of thioether (sulfide) groups is 1. The van der Waals surface area contributed by atoms with Gasteiger partial charge in [-0.2, -0.15) is 0 Å². The van der Waals surface area contributed by atoms with Crippen LogP contribution in [0, 0.1) is 5.92 Å². The fraction of sp³-hybridized carbons (Fsp3) is 0.364. The van der Waals surface area contributed by atoms with E-state index in [1.54, 1.807) is 29.2 Å². The smallest absolute Gasteiger partial charge is 0.245 e. The van der Waals surface area contributed by atoms with Gasteiger partial charge in [-0.3, -0.25) is 9.59 Å². The maximum Gasteiger partial charge on any atom is 0.245 e. The summed E-state index contributed by atoms with van der Waals surface area (Å²) in [6, 6.07) is 12.2. The summed E-state index contributed by atoms with van der Waals surface area (Å²) in [6.45, 7) is 4.98. The molecule has 2 aromatic carbocycles. The number of carbonyl (C=O) groups is 2. The number of hydrogen-bond acceptors (Lipinski definition) is 5. The summed E-state index contributed by atoms with van der Waals surface area (Å²) in [5.41, 5.74) is 8.26. The van der Waals surface area contributed by atoms with Gasteiger partial charge >= 0.3 is 0 Å². The molecule has 0 aliphatic carbocycles. The molecule has 3 rings (SSSR count). The summed E-state index contributed by atoms with van der Waals surface area (Å²) in [6.07, 6.45) is 0. The first-order valence-corrected chi connectivity index (χ1v) is 10.9. The van der Waals surface area contributed by atoms with Crippen LogP contribution in [-0.4, -0.2) is 36.7 Å². The minimum atomic E-state index is -0.603. The standard InChI is InChI=1S/C22H25ClN2O3S.ClH/c1-14(2)11-28-12-20(26)16-5-8-21-19(9-16)25(22(27)18(24)13-29-21)10-15-3-6-17(23)7-4-15;/h3-9,14,18H,10-13,24H2,1-2H3;1H/t18-;/m0./s1. The van der Waals surface area contributed by atoms with Crippen LogP contribution in [0.1, 0.15) is 29.8 Å². The largest absolute Gasteiger partial charge is 0.373 e. The molecule has 5 nitrogen and oxygen atoms in total. The first-order chi connectivity index (χ1) is 13.8. The first kappa shape index (κ1) is 24.7. The second kappa shape index (κ2) is 11.2. The third-order valence-electron chi connectivity index (χ3n) is 4.51. The lowest BCUT2D eigenvalue weighted by molar-refractivity contribution is -0.119. The SMILES string of the molecule is CC(C)COCC(=O)c1ccc2c(c1)N(Cc1ccc(Cl)cc1)C(=O)[C@@H](N)CS2.Cl. The molecule has 0 aromatic heterocycles. The Kier molecular flexibility index (Phi) is 9.19. The Hall–Kier alpha value is -1.57. The number of nitrogens with two attached hydrogens (primary N) is 1. The number of hydrogen-bond donors (Lipinski definition) is 1. The van der Waals surface area contributed by atoms with Crippen molar-refractivity contribution >= 4 is 53.1 Å². The number of rotatable bonds is 7. The van der Waals surface area contributed by atoms with Crippen LogP contribution in [0.3, 0.4) is 0 Å². The molecule has 1 aliphatic rings. The Labute approximate surface area is 192 Å². The van der Waals surface area contributed by atoms with Gasteiger partial charge in [-0.1, -0.05) is 43.6 Å². The Balaban J connectivity index is 0.00000320. The van der Waals surface area contributed by atoms with Crippen LogP contribution in [0.2, 0.25) is 5.02 Å². The lowest BCUT2D eigenvalue weighted by Crippen LogP contribution is -2.44. The zero-order chi connectivity index (χ0) is 21.0. The van der Waals surface area contributed by atoms with Crippen LogP contribution in [-0.2, 0) is 16.1 Å². The normalized spacial score (nSPS) is 16.1. The second-order valence-corrected chi connectivity index (χ2v) is 8.98. The van der Waals surface area contributed by atoms with Gasteiger partial charge in [0.2, 0.25) is 5.91 Å². The van der Waals surface area contributed by atoms with Gasteiger partial charge in [-0.25, -0.2) is 0 Å². The van der Waals surface area contributed by atoms with E-state index in [0.29, 0.717) is 41.1 Å². The van der Waals surface area contributed by atoms with Gasteiger partial charge in [0.15, 0.2) is 5.78 Å². The molecule has 162 valence electrons. The van der Waals surface area contributed by atoms with Crippen molar-refractivity contribution in [2.45, 2.75) is 31.3 Å². The van der Waals surface area contributed by atoms with Crippen molar-refractivity contribution < 1.29 is 14.3 Å². The zero-order valence-corrected chi connectivity index (χ0v) is 19.4. The summed E-state index contributed by atoms with van der Waals surface area (Å²) < 4.78 is 5.48. The van der Waals surface area contributed by atoms with Crippen molar-refractivity contribution in [3.63, 3.8) is 0 Å². The highest BCUT2D eigenvalue weighted by molar-refractivity contribution is 7.99. The van der Waals surface area contributed by atoms with E-state index >= 15 is 0 Å². The lowest BCUT2D eigenvalue weighted by atomic mass is 10.1. The molecule has 0 unspecified atom stereocenters. The van der Waals surface area contributed by atoms with Gasteiger partial charge < -0.3 is 15.4 Å². The highest BCUT2D eigenvalue weighted by Gasteiger charge is 2.29. The first-order valence-electron chi connectivity index (χ1n) is 9.54. The van der Waals surface area contributed by atoms with Crippen molar-refractivity contribution in [3.05, 3.63) is 58.6 Å². The Morgan fingerprint density at radius 3 is 2.63 bits per heavy atom. The van der Waals surface area contributed by atoms with Crippen molar-refractivity contribution in [3.8, 4) is 0 Å². The van der Waals surface area contributed by atoms with E-state index < -0.39 is 6.04 Å². The van der Waals surface area contributed by atoms with Crippen LogP contribution < -0.4 is 10.6 Å². The second-order valence-electron chi connectivity index (χ2n) is 7.48. The molecular weight excluding hydrogens is 443 g/mol. The summed E-state index contributed by atoms with van der Waals surface area (Å²) in [5.74, 6) is 0.589. The molecule has 1 atom stereocenters. The fourth-order valence-electron chi connectivity index (χ4n) is 3.00. The van der Waals surface area contributed by atoms with Crippen molar-refractivity contribution in [1.29, 1.82) is 0 Å². The van der Waals surface area contributed by atoms with Gasteiger partial charge in [-0.15, -0.1) is 24.2 Å². The highest BCUT2D eigenvalue weighted by atomic mass is 35.5. The molecule has 30 heavy (non-hydrogen) atoms. The number of Topliss-reactive ketones (excluding diaryl/α,β-unsaturated/α-hetero) is 1. The molecule has 2 N–H and O–H groups in total. The number of ketones is 1. The van der Waals surface area contributed by atoms with Crippen molar-refractivity contribution in [1.82, 2.24) is 0 Å². The summed E-state index contributed by atoms with van der Waals surface area (Å²) in [4.78, 5) is 28.1. The topological polar surface area (TPSA) is 72.6 Å². The maximum atomic E-state index is 13.0. The van der Waals surface area contributed by atoms with Crippen LogP contribution in [0.15, 0.2) is 47.4 Å². The number of nitrogens with zero attached hydrogens (tertiary/aromatic N) is 1. The van der Waals surface area contributed by atoms with E-state index in [-0.39, 0.29) is 30.7 Å². The molecule has 1 heterocycles. The van der Waals surface area contributed by atoms with Gasteiger partial charge in [0.25, 0.3) is 0 Å². The molecule has 0 spiro atoms. The third kappa shape index (κ3) is 6.22. The van der Waals surface area contributed by atoms with E-state index in [4.69, 9.17) is 22.1 Å². The Morgan fingerprint density at radius 2 is 1.97 bits per heavy atom. The predicted octanol–water partition coefficient (Wildman–Crippen LogP) is 4.58. The quantitative estimate of drug-likeness (QED) is 0.601. The molecule has 2 aromatic rings. The summed E-state index contributed by atoms with van der Waals surface area (Å²) in [7, 11) is 0. The average Bonchev–Trinajstić information content (AvgIpc) is 2.81. The Bertz CT molecular complexity index is 890. The summed E-state index contributed by atoms with van der Waals surface area (Å²) >= 11 is 7.51. The van der Waals surface area contributed by atoms with Crippen molar-refractivity contribution in [2.24, 2.45) is 11.7 Å². The monoisotopic (exact) mass is 468 g/mol. The molecule has 0 saturated carbocycles. The molecule has 0 saturated heterocycles. The molecule has 8 heteroatoms. The molecule has 0 fully saturated rings. The highest BCUT2D eigenvalue weighted by Crippen LogP contribution is 2.36. The number of fused-ring (bicyclic) bond motifs is 1. The molecular formula is C22H26Cl2N2O3S. The lowest BCUT2D eigenvalue weighted by Gasteiger charge is -2.25. The van der Waals surface area contributed by atoms with E-state index in [1.165, 1.54) is 11.8 Å².